The van der Waals surface area contributed by atoms with Crippen molar-refractivity contribution < 1.29 is 23.9 Å². The third kappa shape index (κ3) is 6.98. The number of nitrogens with zero attached hydrogens (tertiary/aromatic N) is 2. The van der Waals surface area contributed by atoms with Crippen molar-refractivity contribution >= 4 is 23.4 Å². The largest absolute Gasteiger partial charge is 0.491 e. The van der Waals surface area contributed by atoms with Crippen LogP contribution < -0.4 is 10.1 Å². The van der Waals surface area contributed by atoms with Gasteiger partial charge in [-0.1, -0.05) is 44.4 Å². The van der Waals surface area contributed by atoms with E-state index >= 15 is 0 Å². The SMILES string of the molecule is CO[C@@H]1CN(C)C(=O)c2ccc(NC(=O)C3CCCCC3)cc2OC[C@@H](C)N(C(=O)c2ccccc2)C[C@@H]1C. The molecule has 2 aromatic rings. The van der Waals surface area contributed by atoms with E-state index in [1.54, 1.807) is 37.3 Å². The number of hydrogen-bond acceptors (Lipinski definition) is 5. The molecule has 0 unspecified atom stereocenters. The maximum absolute atomic E-state index is 13.6. The molecule has 4 rings (SSSR count). The van der Waals surface area contributed by atoms with Crippen LogP contribution in [-0.4, -0.2) is 73.5 Å². The molecule has 0 saturated heterocycles. The summed E-state index contributed by atoms with van der Waals surface area (Å²) in [7, 11) is 3.38. The van der Waals surface area contributed by atoms with Gasteiger partial charge in [0.05, 0.1) is 17.7 Å². The van der Waals surface area contributed by atoms with Gasteiger partial charge in [-0.3, -0.25) is 14.4 Å². The van der Waals surface area contributed by atoms with Crippen molar-refractivity contribution in [1.29, 1.82) is 0 Å². The molecule has 2 aromatic carbocycles. The van der Waals surface area contributed by atoms with Gasteiger partial charge in [0.15, 0.2) is 0 Å². The highest BCUT2D eigenvalue weighted by Gasteiger charge is 2.31. The van der Waals surface area contributed by atoms with Gasteiger partial charge in [0, 0.05) is 56.4 Å². The van der Waals surface area contributed by atoms with Crippen LogP contribution in [0.3, 0.4) is 0 Å². The fourth-order valence-corrected chi connectivity index (χ4v) is 5.49. The average Bonchev–Trinajstić information content (AvgIpc) is 2.97. The highest BCUT2D eigenvalue weighted by atomic mass is 16.5. The fraction of sp³-hybridized carbons (Fsp3) is 0.516. The van der Waals surface area contributed by atoms with E-state index in [-0.39, 0.29) is 48.3 Å². The summed E-state index contributed by atoms with van der Waals surface area (Å²) in [6.45, 7) is 4.98. The van der Waals surface area contributed by atoms with Crippen molar-refractivity contribution in [3.8, 4) is 5.75 Å². The van der Waals surface area contributed by atoms with Crippen molar-refractivity contribution in [1.82, 2.24) is 9.80 Å². The maximum Gasteiger partial charge on any atom is 0.257 e. The van der Waals surface area contributed by atoms with Gasteiger partial charge in [0.1, 0.15) is 12.4 Å². The molecule has 2 aliphatic rings. The standard InChI is InChI=1S/C31H41N3O5/c1-21-18-34(30(36)24-13-9-6-10-14-24)22(2)20-39-27-17-25(32-29(35)23-11-7-5-8-12-23)15-16-26(27)31(37)33(3)19-28(21)38-4/h6,9-10,13-17,21-23,28H,5,7-8,11-12,18-20H2,1-4H3,(H,32,35)/t21-,22+,28+/m0/s1. The van der Waals surface area contributed by atoms with Crippen LogP contribution in [0.25, 0.3) is 0 Å². The molecule has 1 fully saturated rings. The van der Waals surface area contributed by atoms with Gasteiger partial charge in [-0.25, -0.2) is 0 Å². The lowest BCUT2D eigenvalue weighted by Crippen LogP contribution is -2.48. The van der Waals surface area contributed by atoms with Gasteiger partial charge in [-0.05, 0) is 44.0 Å². The predicted molar refractivity (Wildman–Crippen MR) is 151 cm³/mol. The van der Waals surface area contributed by atoms with Gasteiger partial charge in [0.2, 0.25) is 5.91 Å². The molecule has 0 radical (unpaired) electrons. The Balaban J connectivity index is 1.63. The van der Waals surface area contributed by atoms with Crippen LogP contribution in [0.5, 0.6) is 5.75 Å². The summed E-state index contributed by atoms with van der Waals surface area (Å²) in [5.41, 5.74) is 1.61. The third-order valence-corrected chi connectivity index (χ3v) is 7.97. The van der Waals surface area contributed by atoms with Crippen LogP contribution in [0.1, 0.15) is 66.7 Å². The van der Waals surface area contributed by atoms with Crippen molar-refractivity contribution in [2.75, 3.05) is 39.2 Å². The first-order valence-electron chi connectivity index (χ1n) is 14.0. The van der Waals surface area contributed by atoms with Crippen LogP contribution in [0.4, 0.5) is 5.69 Å². The van der Waals surface area contributed by atoms with E-state index in [0.29, 0.717) is 35.7 Å². The molecule has 1 aliphatic heterocycles. The molecule has 210 valence electrons. The molecule has 1 heterocycles. The van der Waals surface area contributed by atoms with E-state index in [0.717, 1.165) is 25.7 Å². The number of fused-ring (bicyclic) bond motifs is 1. The quantitative estimate of drug-likeness (QED) is 0.605. The van der Waals surface area contributed by atoms with E-state index in [4.69, 9.17) is 9.47 Å². The van der Waals surface area contributed by atoms with Crippen molar-refractivity contribution in [2.45, 2.75) is 58.1 Å². The van der Waals surface area contributed by atoms with Crippen LogP contribution in [0.2, 0.25) is 0 Å². The number of hydrogen-bond donors (Lipinski definition) is 1. The minimum Gasteiger partial charge on any atom is -0.491 e. The number of benzene rings is 2. The molecule has 3 atom stereocenters. The number of amides is 3. The van der Waals surface area contributed by atoms with Crippen LogP contribution in [-0.2, 0) is 9.53 Å². The lowest BCUT2D eigenvalue weighted by molar-refractivity contribution is -0.120. The Hall–Kier alpha value is -3.39. The highest BCUT2D eigenvalue weighted by molar-refractivity contribution is 5.99. The second-order valence-electron chi connectivity index (χ2n) is 11.0. The van der Waals surface area contributed by atoms with E-state index in [1.807, 2.05) is 49.1 Å². The van der Waals surface area contributed by atoms with Crippen molar-refractivity contribution in [3.05, 3.63) is 59.7 Å². The van der Waals surface area contributed by atoms with E-state index in [1.165, 1.54) is 6.42 Å². The normalized spacial score (nSPS) is 23.2. The number of nitrogens with one attached hydrogen (secondary N) is 1. The molecule has 0 spiro atoms. The van der Waals surface area contributed by atoms with Crippen molar-refractivity contribution in [3.63, 3.8) is 0 Å². The number of carbonyl (C=O) groups is 3. The Morgan fingerprint density at radius 3 is 2.41 bits per heavy atom. The van der Waals surface area contributed by atoms with Crippen LogP contribution in [0, 0.1) is 11.8 Å². The number of carbonyl (C=O) groups excluding carboxylic acids is 3. The molecular weight excluding hydrogens is 494 g/mol. The fourth-order valence-electron chi connectivity index (χ4n) is 5.49. The second-order valence-corrected chi connectivity index (χ2v) is 11.0. The molecule has 8 heteroatoms. The Morgan fingerprint density at radius 1 is 1.00 bits per heavy atom. The Bertz CT molecular complexity index is 1150. The van der Waals surface area contributed by atoms with E-state index in [2.05, 4.69) is 5.32 Å². The number of ether oxygens (including phenoxy) is 2. The zero-order valence-electron chi connectivity index (χ0n) is 23.5. The Labute approximate surface area is 231 Å². The average molecular weight is 536 g/mol. The highest BCUT2D eigenvalue weighted by Crippen LogP contribution is 2.29. The lowest BCUT2D eigenvalue weighted by atomic mass is 9.88. The first kappa shape index (κ1) is 28.6. The molecular formula is C31H41N3O5. The summed E-state index contributed by atoms with van der Waals surface area (Å²) in [5.74, 6) is 0.111. The van der Waals surface area contributed by atoms with Gasteiger partial charge < -0.3 is 24.6 Å². The minimum absolute atomic E-state index is 0.0103. The van der Waals surface area contributed by atoms with Gasteiger partial charge in [0.25, 0.3) is 11.8 Å². The molecule has 0 aromatic heterocycles. The molecule has 1 aliphatic carbocycles. The maximum atomic E-state index is 13.6. The van der Waals surface area contributed by atoms with E-state index < -0.39 is 0 Å². The molecule has 1 N–H and O–H groups in total. The molecule has 39 heavy (non-hydrogen) atoms. The first-order valence-corrected chi connectivity index (χ1v) is 14.0. The minimum atomic E-state index is -0.279. The number of methoxy groups -OCH3 is 1. The Kier molecular flexibility index (Phi) is 9.62. The van der Waals surface area contributed by atoms with Crippen LogP contribution >= 0.6 is 0 Å². The topological polar surface area (TPSA) is 88.2 Å². The van der Waals surface area contributed by atoms with E-state index in [9.17, 15) is 14.4 Å². The van der Waals surface area contributed by atoms with Crippen LogP contribution in [0.15, 0.2) is 48.5 Å². The second kappa shape index (κ2) is 13.1. The number of anilines is 1. The number of likely N-dealkylation sites (N-methyl/N-ethyl adjacent to an activating group) is 1. The number of rotatable bonds is 4. The first-order chi connectivity index (χ1) is 18.8. The van der Waals surface area contributed by atoms with Crippen molar-refractivity contribution in [2.24, 2.45) is 11.8 Å². The summed E-state index contributed by atoms with van der Waals surface area (Å²) in [6.07, 6.45) is 4.86. The molecule has 3 amide bonds. The zero-order chi connectivity index (χ0) is 27.9. The monoisotopic (exact) mass is 535 g/mol. The molecule has 8 nitrogen and oxygen atoms in total. The Morgan fingerprint density at radius 2 is 1.72 bits per heavy atom. The smallest absolute Gasteiger partial charge is 0.257 e. The van der Waals surface area contributed by atoms with Gasteiger partial charge in [-0.15, -0.1) is 0 Å². The van der Waals surface area contributed by atoms with Gasteiger partial charge in [-0.2, -0.15) is 0 Å². The molecule has 0 bridgehead atoms. The molecule has 1 saturated carbocycles. The third-order valence-electron chi connectivity index (χ3n) is 7.97. The zero-order valence-corrected chi connectivity index (χ0v) is 23.5. The predicted octanol–water partition coefficient (Wildman–Crippen LogP) is 4.85. The summed E-state index contributed by atoms with van der Waals surface area (Å²) in [4.78, 5) is 43.4. The summed E-state index contributed by atoms with van der Waals surface area (Å²) in [6, 6.07) is 14.1. The van der Waals surface area contributed by atoms with Gasteiger partial charge >= 0.3 is 0 Å². The summed E-state index contributed by atoms with van der Waals surface area (Å²) in [5, 5.41) is 3.03. The summed E-state index contributed by atoms with van der Waals surface area (Å²) < 4.78 is 12.0. The summed E-state index contributed by atoms with van der Waals surface area (Å²) >= 11 is 0. The lowest BCUT2D eigenvalue weighted by Gasteiger charge is -2.36.